The number of carbonyl (C=O) groups excluding carboxylic acids is 1. The highest BCUT2D eigenvalue weighted by Crippen LogP contribution is 2.40. The molecule has 1 saturated carbocycles. The molecule has 2 aliphatic rings. The molecule has 2 atom stereocenters. The van der Waals surface area contributed by atoms with Gasteiger partial charge in [0.05, 0.1) is 10.6 Å². The topological polar surface area (TPSA) is 97.2 Å². The van der Waals surface area contributed by atoms with Crippen molar-refractivity contribution < 1.29 is 13.2 Å². The van der Waals surface area contributed by atoms with Gasteiger partial charge in [0.1, 0.15) is 5.82 Å². The Morgan fingerprint density at radius 2 is 1.78 bits per heavy atom. The Bertz CT molecular complexity index is 1050. The van der Waals surface area contributed by atoms with Gasteiger partial charge in [0.2, 0.25) is 15.9 Å². The van der Waals surface area contributed by atoms with E-state index in [0.29, 0.717) is 36.5 Å². The maximum Gasteiger partial charge on any atom is 0.243 e. The van der Waals surface area contributed by atoms with Crippen LogP contribution in [0.5, 0.6) is 0 Å². The second-order valence-corrected chi connectivity index (χ2v) is 11.9. The molecule has 1 aromatic carbocycles. The van der Waals surface area contributed by atoms with Crippen LogP contribution >= 0.6 is 11.8 Å². The van der Waals surface area contributed by atoms with Crippen LogP contribution in [0.3, 0.4) is 0 Å². The summed E-state index contributed by atoms with van der Waals surface area (Å²) in [5.74, 6) is 2.28. The van der Waals surface area contributed by atoms with Gasteiger partial charge in [-0.15, -0.1) is 10.2 Å². The number of anilines is 1. The normalized spacial score (nSPS) is 22.1. The number of benzene rings is 1. The van der Waals surface area contributed by atoms with Crippen molar-refractivity contribution in [1.29, 1.82) is 0 Å². The largest absolute Gasteiger partial charge is 0.325 e. The number of nitrogens with zero attached hydrogens (tertiary/aromatic N) is 4. The van der Waals surface area contributed by atoms with Gasteiger partial charge in [-0.25, -0.2) is 8.42 Å². The van der Waals surface area contributed by atoms with E-state index < -0.39 is 10.0 Å². The summed E-state index contributed by atoms with van der Waals surface area (Å²) >= 11 is 1.37. The number of hydrogen-bond acceptors (Lipinski definition) is 6. The number of sulfonamides is 1. The van der Waals surface area contributed by atoms with E-state index in [1.54, 1.807) is 28.6 Å². The van der Waals surface area contributed by atoms with Crippen LogP contribution < -0.4 is 5.32 Å². The van der Waals surface area contributed by atoms with Gasteiger partial charge in [-0.3, -0.25) is 4.79 Å². The molecule has 32 heavy (non-hydrogen) atoms. The van der Waals surface area contributed by atoms with Crippen LogP contribution in [0.2, 0.25) is 0 Å². The third-order valence-electron chi connectivity index (χ3n) is 5.95. The van der Waals surface area contributed by atoms with Gasteiger partial charge >= 0.3 is 0 Å². The van der Waals surface area contributed by atoms with Crippen LogP contribution in [-0.4, -0.2) is 52.2 Å². The predicted molar refractivity (Wildman–Crippen MR) is 125 cm³/mol. The summed E-state index contributed by atoms with van der Waals surface area (Å²) in [4.78, 5) is 12.7. The number of aromatic nitrogens is 3. The van der Waals surface area contributed by atoms with Gasteiger partial charge in [0.25, 0.3) is 0 Å². The molecule has 0 bridgehead atoms. The summed E-state index contributed by atoms with van der Waals surface area (Å²) in [7, 11) is -3.53. The standard InChI is InChI=1S/C22H31N5O3S2/c1-4-27-21(17-5-6-17)24-25-22(27)31-14-20(28)23-18-7-9-19(10-8-18)32(29,30)26-12-15(2)11-16(3)13-26/h7-10,15-17H,4-6,11-14H2,1-3H3,(H,23,28)/t15-,16-/m1/s1. The van der Waals surface area contributed by atoms with E-state index in [0.717, 1.165) is 36.8 Å². The summed E-state index contributed by atoms with van der Waals surface area (Å²) in [6.45, 7) is 8.11. The van der Waals surface area contributed by atoms with Crippen LogP contribution in [-0.2, 0) is 21.4 Å². The summed E-state index contributed by atoms with van der Waals surface area (Å²) in [5, 5.41) is 12.1. The summed E-state index contributed by atoms with van der Waals surface area (Å²) in [6.07, 6.45) is 3.36. The van der Waals surface area contributed by atoms with Gasteiger partial charge in [-0.05, 0) is 62.3 Å². The lowest BCUT2D eigenvalue weighted by Crippen LogP contribution is -2.42. The minimum absolute atomic E-state index is 0.164. The SMILES string of the molecule is CCn1c(SCC(=O)Nc2ccc(S(=O)(=O)N3C[C@H](C)C[C@@H](C)C3)cc2)nnc1C1CC1. The Morgan fingerprint density at radius 1 is 1.12 bits per heavy atom. The van der Waals surface area contributed by atoms with Crippen molar-refractivity contribution in [2.24, 2.45) is 11.8 Å². The zero-order chi connectivity index (χ0) is 22.9. The van der Waals surface area contributed by atoms with Crippen LogP contribution in [0.25, 0.3) is 0 Å². The van der Waals surface area contributed by atoms with Crippen molar-refractivity contribution in [2.45, 2.75) is 62.5 Å². The first-order valence-electron chi connectivity index (χ1n) is 11.2. The molecule has 1 N–H and O–H groups in total. The maximum absolute atomic E-state index is 13.0. The number of nitrogens with one attached hydrogen (secondary N) is 1. The first kappa shape index (κ1) is 23.3. The van der Waals surface area contributed by atoms with E-state index in [9.17, 15) is 13.2 Å². The number of amides is 1. The minimum atomic E-state index is -3.53. The molecular weight excluding hydrogens is 446 g/mol. The van der Waals surface area contributed by atoms with E-state index in [-0.39, 0.29) is 16.6 Å². The molecule has 1 aliphatic carbocycles. The molecule has 2 heterocycles. The molecule has 1 aromatic heterocycles. The van der Waals surface area contributed by atoms with Crippen molar-refractivity contribution in [3.05, 3.63) is 30.1 Å². The van der Waals surface area contributed by atoms with Crippen molar-refractivity contribution in [3.8, 4) is 0 Å². The van der Waals surface area contributed by atoms with Crippen LogP contribution in [0.4, 0.5) is 5.69 Å². The monoisotopic (exact) mass is 477 g/mol. The smallest absolute Gasteiger partial charge is 0.243 e. The molecule has 1 saturated heterocycles. The fraction of sp³-hybridized carbons (Fsp3) is 0.591. The Hall–Kier alpha value is -1.91. The highest BCUT2D eigenvalue weighted by atomic mass is 32.2. The fourth-order valence-corrected chi connectivity index (χ4v) is 6.83. The number of thioether (sulfide) groups is 1. The maximum atomic E-state index is 13.0. The van der Waals surface area contributed by atoms with Crippen molar-refractivity contribution in [2.75, 3.05) is 24.2 Å². The second-order valence-electron chi connectivity index (χ2n) is 8.99. The molecule has 4 rings (SSSR count). The average molecular weight is 478 g/mol. The van der Waals surface area contributed by atoms with Crippen LogP contribution in [0, 0.1) is 11.8 Å². The van der Waals surface area contributed by atoms with Crippen molar-refractivity contribution >= 4 is 33.4 Å². The van der Waals surface area contributed by atoms with E-state index in [1.165, 1.54) is 11.8 Å². The molecule has 2 aromatic rings. The van der Waals surface area contributed by atoms with Gasteiger partial charge in [0, 0.05) is 31.2 Å². The Labute approximate surface area is 194 Å². The average Bonchev–Trinajstić information content (AvgIpc) is 3.51. The molecule has 1 aliphatic heterocycles. The van der Waals surface area contributed by atoms with E-state index in [1.807, 2.05) is 0 Å². The zero-order valence-electron chi connectivity index (χ0n) is 18.8. The molecule has 10 heteroatoms. The molecule has 8 nitrogen and oxygen atoms in total. The highest BCUT2D eigenvalue weighted by molar-refractivity contribution is 7.99. The lowest BCUT2D eigenvalue weighted by molar-refractivity contribution is -0.113. The van der Waals surface area contributed by atoms with Crippen molar-refractivity contribution in [3.63, 3.8) is 0 Å². The van der Waals surface area contributed by atoms with Gasteiger partial charge in [-0.1, -0.05) is 25.6 Å². The third-order valence-corrected chi connectivity index (χ3v) is 8.76. The third kappa shape index (κ3) is 5.18. The second kappa shape index (κ2) is 9.52. The van der Waals surface area contributed by atoms with E-state index >= 15 is 0 Å². The molecule has 174 valence electrons. The molecule has 0 unspecified atom stereocenters. The number of carbonyl (C=O) groups is 1. The molecule has 1 amide bonds. The lowest BCUT2D eigenvalue weighted by atomic mass is 9.94. The van der Waals surface area contributed by atoms with E-state index in [4.69, 9.17) is 0 Å². The van der Waals surface area contributed by atoms with Crippen molar-refractivity contribution in [1.82, 2.24) is 19.1 Å². The Kier molecular flexibility index (Phi) is 6.92. The zero-order valence-corrected chi connectivity index (χ0v) is 20.5. The number of rotatable bonds is 8. The van der Waals surface area contributed by atoms with Gasteiger partial charge in [-0.2, -0.15) is 4.31 Å². The lowest BCUT2D eigenvalue weighted by Gasteiger charge is -2.34. The highest BCUT2D eigenvalue weighted by Gasteiger charge is 2.32. The summed E-state index contributed by atoms with van der Waals surface area (Å²) in [6, 6.07) is 6.42. The van der Waals surface area contributed by atoms with Gasteiger partial charge < -0.3 is 9.88 Å². The first-order valence-corrected chi connectivity index (χ1v) is 13.7. The first-order chi connectivity index (χ1) is 15.3. The molecule has 2 fully saturated rings. The number of piperidine rings is 1. The van der Waals surface area contributed by atoms with E-state index in [2.05, 4.69) is 40.9 Å². The number of hydrogen-bond donors (Lipinski definition) is 1. The molecular formula is C22H31N5O3S2. The molecule has 0 spiro atoms. The summed E-state index contributed by atoms with van der Waals surface area (Å²) in [5.41, 5.74) is 0.575. The minimum Gasteiger partial charge on any atom is -0.325 e. The molecule has 0 radical (unpaired) electrons. The fourth-order valence-electron chi connectivity index (χ4n) is 4.34. The van der Waals surface area contributed by atoms with Crippen LogP contribution in [0.15, 0.2) is 34.3 Å². The quantitative estimate of drug-likeness (QED) is 0.584. The van der Waals surface area contributed by atoms with Crippen LogP contribution in [0.1, 0.15) is 51.8 Å². The predicted octanol–water partition coefficient (Wildman–Crippen LogP) is 3.57. The summed E-state index contributed by atoms with van der Waals surface area (Å²) < 4.78 is 29.7. The van der Waals surface area contributed by atoms with Gasteiger partial charge in [0.15, 0.2) is 5.16 Å². The Morgan fingerprint density at radius 3 is 2.38 bits per heavy atom. The Balaban J connectivity index is 1.35.